The average Bonchev–Trinajstić information content (AvgIpc) is 2.28. The summed E-state index contributed by atoms with van der Waals surface area (Å²) in [6.45, 7) is 7.70. The molecule has 0 aromatic rings. The molecule has 2 N–H and O–H groups in total. The minimum atomic E-state index is 0.252. The molecule has 90 valence electrons. The van der Waals surface area contributed by atoms with Crippen LogP contribution in [0.25, 0.3) is 0 Å². The fourth-order valence-corrected chi connectivity index (χ4v) is 2.48. The lowest BCUT2D eigenvalue weighted by atomic mass is 9.85. The molecule has 0 bridgehead atoms. The molecule has 1 atom stereocenters. The van der Waals surface area contributed by atoms with Gasteiger partial charge in [0.15, 0.2) is 0 Å². The Morgan fingerprint density at radius 3 is 2.33 bits per heavy atom. The average molecular weight is 213 g/mol. The Bertz CT molecular complexity index is 185. The third-order valence-electron chi connectivity index (χ3n) is 4.30. The summed E-state index contributed by atoms with van der Waals surface area (Å²) in [7, 11) is 4.44. The van der Waals surface area contributed by atoms with Crippen molar-refractivity contribution in [3.05, 3.63) is 0 Å². The van der Waals surface area contributed by atoms with Gasteiger partial charge in [0.05, 0.1) is 0 Å². The molecule has 1 fully saturated rings. The molecule has 0 saturated carbocycles. The lowest BCUT2D eigenvalue weighted by Gasteiger charge is -2.48. The lowest BCUT2D eigenvalue weighted by Crippen LogP contribution is -2.59. The Morgan fingerprint density at radius 1 is 1.40 bits per heavy atom. The van der Waals surface area contributed by atoms with Gasteiger partial charge in [0, 0.05) is 18.1 Å². The van der Waals surface area contributed by atoms with E-state index in [1.165, 1.54) is 32.4 Å². The zero-order valence-electron chi connectivity index (χ0n) is 10.8. The van der Waals surface area contributed by atoms with E-state index in [9.17, 15) is 0 Å². The number of likely N-dealkylation sites (tertiary alicyclic amines) is 1. The standard InChI is InChI=1S/C12H27N3/c1-5-11(2)15(4)12(10-13)6-8-14(3)9-7-12/h11H,5-10,13H2,1-4H3. The molecule has 0 radical (unpaired) electrons. The molecule has 3 nitrogen and oxygen atoms in total. The first-order chi connectivity index (χ1) is 7.05. The number of rotatable bonds is 4. The molecular weight excluding hydrogens is 186 g/mol. The van der Waals surface area contributed by atoms with Gasteiger partial charge in [-0.2, -0.15) is 0 Å². The van der Waals surface area contributed by atoms with Crippen LogP contribution in [0.3, 0.4) is 0 Å². The van der Waals surface area contributed by atoms with Crippen molar-refractivity contribution in [2.75, 3.05) is 33.7 Å². The highest BCUT2D eigenvalue weighted by molar-refractivity contribution is 4.96. The van der Waals surface area contributed by atoms with Gasteiger partial charge < -0.3 is 10.6 Å². The quantitative estimate of drug-likeness (QED) is 0.760. The molecule has 0 aromatic heterocycles. The van der Waals surface area contributed by atoms with Crippen molar-refractivity contribution in [1.29, 1.82) is 0 Å². The van der Waals surface area contributed by atoms with Crippen LogP contribution in [0.2, 0.25) is 0 Å². The molecule has 3 heteroatoms. The summed E-state index contributed by atoms with van der Waals surface area (Å²) in [5.74, 6) is 0. The molecule has 1 heterocycles. The summed E-state index contributed by atoms with van der Waals surface area (Å²) in [5.41, 5.74) is 6.27. The van der Waals surface area contributed by atoms with E-state index in [4.69, 9.17) is 5.73 Å². The van der Waals surface area contributed by atoms with E-state index in [0.29, 0.717) is 6.04 Å². The molecule has 0 spiro atoms. The van der Waals surface area contributed by atoms with E-state index in [0.717, 1.165) is 6.54 Å². The minimum absolute atomic E-state index is 0.252. The van der Waals surface area contributed by atoms with Gasteiger partial charge in [-0.05, 0) is 53.4 Å². The zero-order chi connectivity index (χ0) is 11.5. The summed E-state index contributed by atoms with van der Waals surface area (Å²) in [6.07, 6.45) is 3.62. The normalized spacial score (nSPS) is 24.4. The van der Waals surface area contributed by atoms with Gasteiger partial charge in [-0.25, -0.2) is 0 Å². The topological polar surface area (TPSA) is 32.5 Å². The Hall–Kier alpha value is -0.120. The van der Waals surface area contributed by atoms with Crippen LogP contribution in [0.15, 0.2) is 0 Å². The second-order valence-electron chi connectivity index (χ2n) is 5.10. The molecule has 15 heavy (non-hydrogen) atoms. The molecule has 1 rings (SSSR count). The van der Waals surface area contributed by atoms with Crippen LogP contribution in [-0.4, -0.2) is 55.1 Å². The number of hydrogen-bond acceptors (Lipinski definition) is 3. The number of hydrogen-bond donors (Lipinski definition) is 1. The fourth-order valence-electron chi connectivity index (χ4n) is 2.48. The maximum absolute atomic E-state index is 6.02. The lowest BCUT2D eigenvalue weighted by molar-refractivity contribution is 0.0267. The predicted octanol–water partition coefficient (Wildman–Crippen LogP) is 1.14. The maximum atomic E-state index is 6.02. The third-order valence-corrected chi connectivity index (χ3v) is 4.30. The monoisotopic (exact) mass is 213 g/mol. The molecule has 1 aliphatic rings. The van der Waals surface area contributed by atoms with Crippen LogP contribution in [0.4, 0.5) is 0 Å². The summed E-state index contributed by atoms with van der Waals surface area (Å²) < 4.78 is 0. The number of nitrogens with zero attached hydrogens (tertiary/aromatic N) is 2. The van der Waals surface area contributed by atoms with Crippen molar-refractivity contribution >= 4 is 0 Å². The summed E-state index contributed by atoms with van der Waals surface area (Å²) >= 11 is 0. The van der Waals surface area contributed by atoms with Crippen LogP contribution in [-0.2, 0) is 0 Å². The fraction of sp³-hybridized carbons (Fsp3) is 1.00. The maximum Gasteiger partial charge on any atom is 0.0355 e. The Labute approximate surface area is 94.6 Å². The molecule has 1 saturated heterocycles. The van der Waals surface area contributed by atoms with Gasteiger partial charge in [0.1, 0.15) is 0 Å². The minimum Gasteiger partial charge on any atom is -0.329 e. The van der Waals surface area contributed by atoms with Crippen LogP contribution >= 0.6 is 0 Å². The Kier molecular flexibility index (Phi) is 4.56. The largest absolute Gasteiger partial charge is 0.329 e. The van der Waals surface area contributed by atoms with E-state index in [-0.39, 0.29) is 5.54 Å². The van der Waals surface area contributed by atoms with E-state index in [1.807, 2.05) is 0 Å². The molecule has 0 aliphatic carbocycles. The van der Waals surface area contributed by atoms with Crippen molar-refractivity contribution in [1.82, 2.24) is 9.80 Å². The number of likely N-dealkylation sites (N-methyl/N-ethyl adjacent to an activating group) is 1. The van der Waals surface area contributed by atoms with Crippen molar-refractivity contribution in [3.8, 4) is 0 Å². The predicted molar refractivity (Wildman–Crippen MR) is 66.0 cm³/mol. The number of nitrogens with two attached hydrogens (primary N) is 1. The molecule has 1 aliphatic heterocycles. The van der Waals surface area contributed by atoms with Gasteiger partial charge >= 0.3 is 0 Å². The van der Waals surface area contributed by atoms with Gasteiger partial charge in [-0.1, -0.05) is 6.92 Å². The first-order valence-corrected chi connectivity index (χ1v) is 6.17. The summed E-state index contributed by atoms with van der Waals surface area (Å²) in [4.78, 5) is 4.92. The van der Waals surface area contributed by atoms with E-state index in [1.54, 1.807) is 0 Å². The van der Waals surface area contributed by atoms with Crippen molar-refractivity contribution in [2.24, 2.45) is 5.73 Å². The highest BCUT2D eigenvalue weighted by atomic mass is 15.2. The van der Waals surface area contributed by atoms with Gasteiger partial charge in [-0.15, -0.1) is 0 Å². The van der Waals surface area contributed by atoms with E-state index >= 15 is 0 Å². The van der Waals surface area contributed by atoms with Gasteiger partial charge in [0.2, 0.25) is 0 Å². The Morgan fingerprint density at radius 2 is 1.93 bits per heavy atom. The molecule has 1 unspecified atom stereocenters. The van der Waals surface area contributed by atoms with Crippen molar-refractivity contribution < 1.29 is 0 Å². The molecule has 0 amide bonds. The third kappa shape index (κ3) is 2.71. The highest BCUT2D eigenvalue weighted by Crippen LogP contribution is 2.28. The Balaban J connectivity index is 2.67. The van der Waals surface area contributed by atoms with Gasteiger partial charge in [-0.3, -0.25) is 4.90 Å². The smallest absolute Gasteiger partial charge is 0.0355 e. The van der Waals surface area contributed by atoms with Gasteiger partial charge in [0.25, 0.3) is 0 Å². The van der Waals surface area contributed by atoms with Crippen LogP contribution < -0.4 is 5.73 Å². The van der Waals surface area contributed by atoms with Crippen molar-refractivity contribution in [2.45, 2.75) is 44.7 Å². The van der Waals surface area contributed by atoms with E-state index < -0.39 is 0 Å². The van der Waals surface area contributed by atoms with Crippen LogP contribution in [0.5, 0.6) is 0 Å². The van der Waals surface area contributed by atoms with Crippen LogP contribution in [0, 0.1) is 0 Å². The SMILES string of the molecule is CCC(C)N(C)C1(CN)CCN(C)CC1. The highest BCUT2D eigenvalue weighted by Gasteiger charge is 2.37. The first kappa shape index (κ1) is 12.9. The zero-order valence-corrected chi connectivity index (χ0v) is 10.8. The molecular formula is C12H27N3. The van der Waals surface area contributed by atoms with E-state index in [2.05, 4.69) is 37.7 Å². The molecule has 0 aromatic carbocycles. The second-order valence-corrected chi connectivity index (χ2v) is 5.10. The van der Waals surface area contributed by atoms with Crippen molar-refractivity contribution in [3.63, 3.8) is 0 Å². The first-order valence-electron chi connectivity index (χ1n) is 6.17. The second kappa shape index (κ2) is 5.28. The summed E-state index contributed by atoms with van der Waals surface area (Å²) in [5, 5.41) is 0. The number of piperidine rings is 1. The van der Waals surface area contributed by atoms with Crippen LogP contribution in [0.1, 0.15) is 33.1 Å². The summed E-state index contributed by atoms with van der Waals surface area (Å²) in [6, 6.07) is 0.636.